The molecule has 1 aliphatic carbocycles. The molecule has 0 spiro atoms. The van der Waals surface area contributed by atoms with Crippen LogP contribution in [-0.4, -0.2) is 74.2 Å². The van der Waals surface area contributed by atoms with Gasteiger partial charge in [-0.3, -0.25) is 4.90 Å². The number of piperazine rings is 1. The molecule has 2 aliphatic rings. The van der Waals surface area contributed by atoms with Crippen molar-refractivity contribution in [2.75, 3.05) is 58.5 Å². The Labute approximate surface area is 375 Å². The molecular formula is C54H53ClN4O4. The molecule has 1 aliphatic heterocycles. The standard InChI is InChI=1S/C54H53ClN4O4/c1-53(38-61-2)29-28-46(39-22-24-44(55)25-23-39)40(35-53)37-57-30-32-58(33-31-57)45-26-27-47(52(60)62-3)51(34-45)63-50-21-13-20-49-48(50)36-56-59(49)54(41-14-7-4-8-15-41,42-16-9-5-10-17-42)43-18-11-6-12-19-43/h4-27,34,36H,28-33,35,37-38H2,1-3H3. The number of methoxy groups -OCH3 is 2. The number of rotatable bonds is 13. The van der Waals surface area contributed by atoms with E-state index in [1.165, 1.54) is 23.8 Å². The fraction of sp³-hybridized carbons (Fsp3) is 0.259. The SMILES string of the molecule is COCC1(C)CCC(c2ccc(Cl)cc2)=C(CN2CCN(c3ccc(C(=O)OC)c(Oc4cccc5c4cnn5C(c4ccccc4)(c4ccccc4)c4ccccc4)c3)CC2)C1. The number of nitrogens with zero attached hydrogens (tertiary/aromatic N) is 4. The van der Waals surface area contributed by atoms with Gasteiger partial charge in [-0.25, -0.2) is 9.48 Å². The summed E-state index contributed by atoms with van der Waals surface area (Å²) in [5.41, 5.74) is 8.93. The van der Waals surface area contributed by atoms with Gasteiger partial charge in [0.2, 0.25) is 0 Å². The van der Waals surface area contributed by atoms with Crippen LogP contribution in [0.25, 0.3) is 16.5 Å². The van der Waals surface area contributed by atoms with Crippen molar-refractivity contribution >= 4 is 39.7 Å². The number of carbonyl (C=O) groups is 1. The van der Waals surface area contributed by atoms with Crippen LogP contribution in [0.2, 0.25) is 5.02 Å². The zero-order chi connectivity index (χ0) is 43.4. The fourth-order valence-corrected chi connectivity index (χ4v) is 9.97. The molecular weight excluding hydrogens is 804 g/mol. The summed E-state index contributed by atoms with van der Waals surface area (Å²) >= 11 is 6.29. The molecule has 1 atom stereocenters. The molecule has 6 aromatic carbocycles. The number of carbonyl (C=O) groups excluding carboxylic acids is 1. The van der Waals surface area contributed by atoms with Crippen LogP contribution in [0, 0.1) is 5.41 Å². The third-order valence-corrected chi connectivity index (χ3v) is 13.2. The summed E-state index contributed by atoms with van der Waals surface area (Å²) in [4.78, 5) is 18.2. The Bertz CT molecular complexity index is 2620. The number of aromatic nitrogens is 2. The minimum absolute atomic E-state index is 0.109. The van der Waals surface area contributed by atoms with Gasteiger partial charge in [-0.05, 0) is 88.9 Å². The molecule has 2 heterocycles. The van der Waals surface area contributed by atoms with Gasteiger partial charge < -0.3 is 19.1 Å². The van der Waals surface area contributed by atoms with E-state index in [0.29, 0.717) is 17.1 Å². The highest BCUT2D eigenvalue weighted by molar-refractivity contribution is 6.30. The van der Waals surface area contributed by atoms with Gasteiger partial charge in [-0.15, -0.1) is 0 Å². The number of benzene rings is 6. The molecule has 0 amide bonds. The molecule has 7 aromatic rings. The van der Waals surface area contributed by atoms with Crippen LogP contribution in [0.4, 0.5) is 5.69 Å². The number of hydrogen-bond donors (Lipinski definition) is 0. The maximum absolute atomic E-state index is 13.3. The maximum atomic E-state index is 13.3. The van der Waals surface area contributed by atoms with Crippen LogP contribution in [-0.2, 0) is 15.0 Å². The second-order valence-electron chi connectivity index (χ2n) is 17.1. The average Bonchev–Trinajstić information content (AvgIpc) is 3.76. The second kappa shape index (κ2) is 18.3. The first kappa shape index (κ1) is 42.1. The summed E-state index contributed by atoms with van der Waals surface area (Å²) in [6, 6.07) is 51.6. The predicted octanol–water partition coefficient (Wildman–Crippen LogP) is 11.5. The van der Waals surface area contributed by atoms with Crippen LogP contribution in [0.3, 0.4) is 0 Å². The van der Waals surface area contributed by atoms with E-state index in [-0.39, 0.29) is 5.41 Å². The zero-order valence-electron chi connectivity index (χ0n) is 36.2. The first-order valence-electron chi connectivity index (χ1n) is 21.8. The summed E-state index contributed by atoms with van der Waals surface area (Å²) in [7, 11) is 3.21. The van der Waals surface area contributed by atoms with Crippen molar-refractivity contribution in [1.82, 2.24) is 14.7 Å². The lowest BCUT2D eigenvalue weighted by molar-refractivity contribution is 0.0598. The normalized spacial score (nSPS) is 17.2. The first-order chi connectivity index (χ1) is 30.8. The quantitative estimate of drug-likeness (QED) is 0.0845. The third-order valence-electron chi connectivity index (χ3n) is 12.9. The number of fused-ring (bicyclic) bond motifs is 1. The van der Waals surface area contributed by atoms with E-state index in [0.717, 1.165) is 96.9 Å². The molecule has 63 heavy (non-hydrogen) atoms. The Kier molecular flexibility index (Phi) is 12.2. The number of ether oxygens (including phenoxy) is 3. The molecule has 8 nitrogen and oxygen atoms in total. The Hall–Kier alpha value is -6.19. The number of anilines is 1. The Morgan fingerprint density at radius 2 is 1.38 bits per heavy atom. The second-order valence-corrected chi connectivity index (χ2v) is 17.5. The van der Waals surface area contributed by atoms with Crippen molar-refractivity contribution in [3.63, 3.8) is 0 Å². The fourth-order valence-electron chi connectivity index (χ4n) is 9.85. The summed E-state index contributed by atoms with van der Waals surface area (Å²) < 4.78 is 19.9. The number of halogens is 1. The van der Waals surface area contributed by atoms with Crippen molar-refractivity contribution in [1.29, 1.82) is 0 Å². The Morgan fingerprint density at radius 3 is 1.98 bits per heavy atom. The average molecular weight is 857 g/mol. The summed E-state index contributed by atoms with van der Waals surface area (Å²) in [6.45, 7) is 7.48. The lowest BCUT2D eigenvalue weighted by Gasteiger charge is -2.40. The summed E-state index contributed by atoms with van der Waals surface area (Å²) in [5.74, 6) is 0.560. The lowest BCUT2D eigenvalue weighted by atomic mass is 9.72. The topological polar surface area (TPSA) is 69.1 Å². The molecule has 1 aromatic heterocycles. The molecule has 0 saturated carbocycles. The number of hydrogen-bond acceptors (Lipinski definition) is 7. The molecule has 0 radical (unpaired) electrons. The monoisotopic (exact) mass is 856 g/mol. The Morgan fingerprint density at radius 1 is 0.746 bits per heavy atom. The van der Waals surface area contributed by atoms with E-state index in [4.69, 9.17) is 30.9 Å². The van der Waals surface area contributed by atoms with Gasteiger partial charge in [0.15, 0.2) is 0 Å². The molecule has 9 rings (SSSR count). The molecule has 0 N–H and O–H groups in total. The van der Waals surface area contributed by atoms with Crippen molar-refractivity contribution < 1.29 is 19.0 Å². The lowest BCUT2D eigenvalue weighted by Crippen LogP contribution is -2.47. The van der Waals surface area contributed by atoms with Crippen molar-refractivity contribution in [2.24, 2.45) is 5.41 Å². The van der Waals surface area contributed by atoms with E-state index >= 15 is 0 Å². The van der Waals surface area contributed by atoms with Gasteiger partial charge in [0.05, 0.1) is 30.8 Å². The molecule has 1 fully saturated rings. The highest BCUT2D eigenvalue weighted by atomic mass is 35.5. The van der Waals surface area contributed by atoms with Crippen LogP contribution in [0.5, 0.6) is 11.5 Å². The summed E-state index contributed by atoms with van der Waals surface area (Å²) in [5, 5.41) is 6.74. The van der Waals surface area contributed by atoms with Gasteiger partial charge >= 0.3 is 5.97 Å². The van der Waals surface area contributed by atoms with Gasteiger partial charge in [0, 0.05) is 56.6 Å². The highest BCUT2D eigenvalue weighted by Gasteiger charge is 2.40. The molecule has 0 bridgehead atoms. The van der Waals surface area contributed by atoms with Gasteiger partial charge in [0.25, 0.3) is 0 Å². The highest BCUT2D eigenvalue weighted by Crippen LogP contribution is 2.45. The first-order valence-corrected chi connectivity index (χ1v) is 22.1. The van der Waals surface area contributed by atoms with Gasteiger partial charge in [0.1, 0.15) is 22.6 Å². The third kappa shape index (κ3) is 8.39. The van der Waals surface area contributed by atoms with Gasteiger partial charge in [-0.2, -0.15) is 5.10 Å². The maximum Gasteiger partial charge on any atom is 0.341 e. The predicted molar refractivity (Wildman–Crippen MR) is 253 cm³/mol. The van der Waals surface area contributed by atoms with Crippen LogP contribution < -0.4 is 9.64 Å². The minimum Gasteiger partial charge on any atom is -0.465 e. The van der Waals surface area contributed by atoms with Crippen LogP contribution >= 0.6 is 11.6 Å². The summed E-state index contributed by atoms with van der Waals surface area (Å²) in [6.07, 6.45) is 4.99. The van der Waals surface area contributed by atoms with E-state index in [2.05, 4.69) is 112 Å². The zero-order valence-corrected chi connectivity index (χ0v) is 36.9. The van der Waals surface area contributed by atoms with Crippen molar-refractivity contribution in [3.8, 4) is 11.5 Å². The molecule has 1 unspecified atom stereocenters. The van der Waals surface area contributed by atoms with Crippen LogP contribution in [0.15, 0.2) is 163 Å². The molecule has 320 valence electrons. The van der Waals surface area contributed by atoms with Gasteiger partial charge in [-0.1, -0.05) is 133 Å². The van der Waals surface area contributed by atoms with E-state index in [1.54, 1.807) is 7.11 Å². The van der Waals surface area contributed by atoms with E-state index in [9.17, 15) is 4.79 Å². The molecule has 9 heteroatoms. The largest absolute Gasteiger partial charge is 0.465 e. The van der Waals surface area contributed by atoms with Crippen LogP contribution in [0.1, 0.15) is 58.8 Å². The molecule has 1 saturated heterocycles. The minimum atomic E-state index is -0.808. The number of esters is 1. The van der Waals surface area contributed by atoms with E-state index in [1.807, 2.05) is 66.9 Å². The number of allylic oxidation sites excluding steroid dienone is 1. The Balaban J connectivity index is 1.02. The van der Waals surface area contributed by atoms with E-state index < -0.39 is 11.5 Å². The smallest absolute Gasteiger partial charge is 0.341 e. The van der Waals surface area contributed by atoms with Crippen molar-refractivity contribution in [2.45, 2.75) is 31.7 Å². The van der Waals surface area contributed by atoms with Crippen molar-refractivity contribution in [3.05, 3.63) is 196 Å².